The number of allylic oxidation sites excluding steroid dienone is 2. The predicted molar refractivity (Wildman–Crippen MR) is 165 cm³/mol. The van der Waals surface area contributed by atoms with Gasteiger partial charge in [0.15, 0.2) is 0 Å². The summed E-state index contributed by atoms with van der Waals surface area (Å²) in [5.41, 5.74) is 2.76. The second-order valence-electron chi connectivity index (χ2n) is 9.54. The number of carbonyl (C=O) groups excluding carboxylic acids is 3. The minimum absolute atomic E-state index is 0.264. The summed E-state index contributed by atoms with van der Waals surface area (Å²) in [4.78, 5) is 31.8. The van der Waals surface area contributed by atoms with Crippen LogP contribution in [0.1, 0.15) is 140 Å². The minimum Gasteiger partial charge on any atom is -0.300 e. The van der Waals surface area contributed by atoms with Crippen molar-refractivity contribution in [2.45, 2.75) is 141 Å². The Kier molecular flexibility index (Phi) is 36.4. The summed E-state index contributed by atoms with van der Waals surface area (Å²) in [5, 5.41) is 0. The number of rotatable bonds is 13. The molecule has 0 N–H and O–H groups in total. The maximum atomic E-state index is 10.7. The topological polar surface area (TPSA) is 51.2 Å². The van der Waals surface area contributed by atoms with E-state index >= 15 is 0 Å². The van der Waals surface area contributed by atoms with Crippen LogP contribution < -0.4 is 0 Å². The molecular formula is C34H62O3. The summed E-state index contributed by atoms with van der Waals surface area (Å²) in [5.74, 6) is 1.71. The molecule has 0 saturated carbocycles. The van der Waals surface area contributed by atoms with Crippen molar-refractivity contribution in [1.82, 2.24) is 0 Å². The van der Waals surface area contributed by atoms with Crippen LogP contribution in [-0.4, -0.2) is 17.3 Å². The van der Waals surface area contributed by atoms with Crippen molar-refractivity contribution >= 4 is 17.3 Å². The third-order valence-corrected chi connectivity index (χ3v) is 5.49. The van der Waals surface area contributed by atoms with Crippen LogP contribution >= 0.6 is 0 Å². The van der Waals surface area contributed by atoms with Crippen LogP contribution in [0.15, 0.2) is 42.0 Å². The first-order valence-electron chi connectivity index (χ1n) is 14.7. The van der Waals surface area contributed by atoms with Crippen LogP contribution in [0.2, 0.25) is 0 Å². The molecule has 3 nitrogen and oxygen atoms in total. The third-order valence-electron chi connectivity index (χ3n) is 5.49. The Morgan fingerprint density at radius 1 is 0.784 bits per heavy atom. The van der Waals surface area contributed by atoms with Crippen molar-refractivity contribution in [2.24, 2.45) is 11.8 Å². The molecule has 1 aromatic rings. The van der Waals surface area contributed by atoms with E-state index in [-0.39, 0.29) is 5.92 Å². The number of aryl methyl sites for hydroxylation is 1. The normalized spacial score (nSPS) is 10.7. The molecule has 37 heavy (non-hydrogen) atoms. The number of ketones is 3. The number of hydrogen-bond donors (Lipinski definition) is 0. The molecule has 0 aliphatic heterocycles. The smallest absolute Gasteiger partial charge is 0.132 e. The fourth-order valence-electron chi connectivity index (χ4n) is 3.06. The van der Waals surface area contributed by atoms with E-state index in [1.807, 2.05) is 47.6 Å². The second-order valence-corrected chi connectivity index (χ2v) is 9.54. The highest BCUT2D eigenvalue weighted by Crippen LogP contribution is 2.12. The summed E-state index contributed by atoms with van der Waals surface area (Å²) in [7, 11) is 0. The highest BCUT2D eigenvalue weighted by molar-refractivity contribution is 5.77. The molecule has 216 valence electrons. The van der Waals surface area contributed by atoms with Crippen molar-refractivity contribution in [3.63, 3.8) is 0 Å². The van der Waals surface area contributed by atoms with E-state index < -0.39 is 0 Å². The van der Waals surface area contributed by atoms with Gasteiger partial charge >= 0.3 is 0 Å². The average molecular weight is 519 g/mol. The van der Waals surface area contributed by atoms with Gasteiger partial charge in [0.25, 0.3) is 0 Å². The number of benzene rings is 1. The lowest BCUT2D eigenvalue weighted by molar-refractivity contribution is -0.120. The first-order valence-corrected chi connectivity index (χ1v) is 14.7. The number of Topliss-reactive ketones (excluding diaryl/α,β-unsaturated/α-hetero) is 3. The standard InChI is InChI=1S/C13H18O.C11H20O.C6H12O.2C2H6/c1-12(14)8-4-2-5-9-13-10-6-3-7-11-13;1-9(2)6-5-7-10(3)8-11(4)12;1-4-5(2)6(3)7;2*1-2/h3,6-7,10-11H,2,4-5,8-9H2,1H3;6,10H,5,7-8H2,1-4H3;5H,4H2,1-3H3;2*1-2H3. The number of hydrogen-bond acceptors (Lipinski definition) is 3. The van der Waals surface area contributed by atoms with E-state index in [1.54, 1.807) is 20.8 Å². The van der Waals surface area contributed by atoms with Gasteiger partial charge in [-0.25, -0.2) is 0 Å². The van der Waals surface area contributed by atoms with Gasteiger partial charge in [0.2, 0.25) is 0 Å². The fourth-order valence-corrected chi connectivity index (χ4v) is 3.06. The Bertz CT molecular complexity index is 670. The lowest BCUT2D eigenvalue weighted by Gasteiger charge is -2.06. The zero-order chi connectivity index (χ0) is 29.6. The monoisotopic (exact) mass is 518 g/mol. The fraction of sp³-hybridized carbons (Fsp3) is 0.676. The quantitative estimate of drug-likeness (QED) is 0.193. The van der Waals surface area contributed by atoms with E-state index in [1.165, 1.54) is 17.6 Å². The molecule has 0 saturated heterocycles. The lowest BCUT2D eigenvalue weighted by Crippen LogP contribution is -2.03. The zero-order valence-electron chi connectivity index (χ0n) is 26.7. The van der Waals surface area contributed by atoms with Crippen LogP contribution in [0.5, 0.6) is 0 Å². The van der Waals surface area contributed by atoms with Crippen LogP contribution in [0, 0.1) is 11.8 Å². The summed E-state index contributed by atoms with van der Waals surface area (Å²) < 4.78 is 0. The molecule has 0 spiro atoms. The Hall–Kier alpha value is -2.03. The molecular weight excluding hydrogens is 456 g/mol. The molecule has 1 rings (SSSR count). The number of unbranched alkanes of at least 4 members (excludes halogenated alkanes) is 2. The summed E-state index contributed by atoms with van der Waals surface area (Å²) >= 11 is 0. The van der Waals surface area contributed by atoms with Crippen LogP contribution in [0.4, 0.5) is 0 Å². The zero-order valence-corrected chi connectivity index (χ0v) is 26.7. The molecule has 0 radical (unpaired) electrons. The van der Waals surface area contributed by atoms with Gasteiger partial charge in [0.05, 0.1) is 0 Å². The SMILES string of the molecule is CC.CC.CC(=O)CC(C)CCC=C(C)C.CC(=O)CCCCCc1ccccc1.CCC(C)C(C)=O. The van der Waals surface area contributed by atoms with Crippen LogP contribution in [-0.2, 0) is 20.8 Å². The third kappa shape index (κ3) is 38.7. The van der Waals surface area contributed by atoms with Gasteiger partial charge in [-0.3, -0.25) is 4.79 Å². The van der Waals surface area contributed by atoms with Crippen molar-refractivity contribution in [1.29, 1.82) is 0 Å². The van der Waals surface area contributed by atoms with Gasteiger partial charge in [-0.15, -0.1) is 0 Å². The van der Waals surface area contributed by atoms with Gasteiger partial charge in [-0.05, 0) is 84.6 Å². The van der Waals surface area contributed by atoms with Crippen molar-refractivity contribution in [2.75, 3.05) is 0 Å². The maximum absolute atomic E-state index is 10.7. The molecule has 3 heteroatoms. The Morgan fingerprint density at radius 2 is 1.32 bits per heavy atom. The van der Waals surface area contributed by atoms with Gasteiger partial charge < -0.3 is 9.59 Å². The van der Waals surface area contributed by atoms with Gasteiger partial charge in [-0.1, -0.05) is 96.9 Å². The van der Waals surface area contributed by atoms with E-state index in [9.17, 15) is 14.4 Å². The van der Waals surface area contributed by atoms with E-state index in [2.05, 4.69) is 51.1 Å². The second kappa shape index (κ2) is 32.0. The molecule has 0 bridgehead atoms. The summed E-state index contributed by atoms with van der Waals surface area (Å²) in [6.07, 6.45) is 11.4. The summed E-state index contributed by atoms with van der Waals surface area (Å²) in [6, 6.07) is 10.5. The Balaban J connectivity index is -0.000000215. The van der Waals surface area contributed by atoms with Crippen molar-refractivity contribution in [3.8, 4) is 0 Å². The van der Waals surface area contributed by atoms with E-state index in [0.29, 0.717) is 23.3 Å². The molecule has 0 aromatic heterocycles. The van der Waals surface area contributed by atoms with Crippen molar-refractivity contribution in [3.05, 3.63) is 47.5 Å². The largest absolute Gasteiger partial charge is 0.300 e. The molecule has 0 fully saturated rings. The first kappa shape index (κ1) is 42.1. The molecule has 0 aliphatic rings. The van der Waals surface area contributed by atoms with Crippen LogP contribution in [0.25, 0.3) is 0 Å². The van der Waals surface area contributed by atoms with E-state index in [4.69, 9.17) is 0 Å². The minimum atomic E-state index is 0.264. The number of carbonyl (C=O) groups is 3. The lowest BCUT2D eigenvalue weighted by atomic mass is 9.99. The Labute approximate surface area is 231 Å². The van der Waals surface area contributed by atoms with Gasteiger partial charge in [0.1, 0.15) is 17.3 Å². The molecule has 1 aromatic carbocycles. The van der Waals surface area contributed by atoms with Crippen LogP contribution in [0.3, 0.4) is 0 Å². The summed E-state index contributed by atoms with van der Waals surface area (Å²) in [6.45, 7) is 23.3. The van der Waals surface area contributed by atoms with Gasteiger partial charge in [-0.2, -0.15) is 0 Å². The first-order chi connectivity index (χ1) is 17.5. The Morgan fingerprint density at radius 3 is 1.70 bits per heavy atom. The molecule has 0 heterocycles. The highest BCUT2D eigenvalue weighted by Gasteiger charge is 2.03. The molecule has 2 atom stereocenters. The predicted octanol–water partition coefficient (Wildman–Crippen LogP) is 10.4. The molecule has 2 unspecified atom stereocenters. The van der Waals surface area contributed by atoms with Gasteiger partial charge in [0, 0.05) is 18.8 Å². The average Bonchev–Trinajstić information content (AvgIpc) is 2.86. The maximum Gasteiger partial charge on any atom is 0.132 e. The molecule has 0 aliphatic carbocycles. The highest BCUT2D eigenvalue weighted by atomic mass is 16.1. The van der Waals surface area contributed by atoms with Crippen molar-refractivity contribution < 1.29 is 14.4 Å². The van der Waals surface area contributed by atoms with E-state index in [0.717, 1.165) is 51.4 Å². The molecule has 0 amide bonds.